The van der Waals surface area contributed by atoms with Gasteiger partial charge in [-0.2, -0.15) is 0 Å². The van der Waals surface area contributed by atoms with Crippen LogP contribution in [0, 0.1) is 0 Å². The number of methoxy groups -OCH3 is 1. The van der Waals surface area contributed by atoms with E-state index in [1.807, 2.05) is 30.3 Å². The van der Waals surface area contributed by atoms with E-state index < -0.39 is 18.4 Å². The van der Waals surface area contributed by atoms with Crippen molar-refractivity contribution < 1.29 is 28.9 Å². The highest BCUT2D eigenvalue weighted by atomic mass is 16.6. The first-order valence-corrected chi connectivity index (χ1v) is 10.6. The molecule has 2 aliphatic rings. The molecule has 0 radical (unpaired) electrons. The van der Waals surface area contributed by atoms with Gasteiger partial charge in [-0.1, -0.05) is 55.1 Å². The highest BCUT2D eigenvalue weighted by Crippen LogP contribution is 2.42. The van der Waals surface area contributed by atoms with Gasteiger partial charge in [-0.15, -0.1) is 0 Å². The molecule has 2 aromatic carbocycles. The molecule has 33 heavy (non-hydrogen) atoms. The number of aliphatic hydroxyl groups is 1. The molecular weight excluding hydrogens is 424 g/mol. The maximum absolute atomic E-state index is 13.4. The van der Waals surface area contributed by atoms with Crippen LogP contribution >= 0.6 is 0 Å². The zero-order valence-electron chi connectivity index (χ0n) is 18.4. The maximum Gasteiger partial charge on any atom is 0.416 e. The molecule has 1 fully saturated rings. The van der Waals surface area contributed by atoms with Crippen LogP contribution in [0.25, 0.3) is 0 Å². The molecule has 0 bridgehead atoms. The Labute approximate surface area is 192 Å². The third kappa shape index (κ3) is 4.29. The number of nitrogens with zero attached hydrogens (tertiary/aromatic N) is 2. The molecule has 2 atom stereocenters. The number of benzene rings is 2. The van der Waals surface area contributed by atoms with Crippen molar-refractivity contribution in [2.45, 2.75) is 25.3 Å². The van der Waals surface area contributed by atoms with E-state index in [0.717, 1.165) is 16.0 Å². The molecule has 0 aromatic heterocycles. The van der Waals surface area contributed by atoms with Crippen molar-refractivity contribution in [3.8, 4) is 11.5 Å². The maximum atomic E-state index is 13.4. The van der Waals surface area contributed by atoms with Gasteiger partial charge in [0.05, 0.1) is 24.4 Å². The second kappa shape index (κ2) is 9.38. The van der Waals surface area contributed by atoms with Gasteiger partial charge >= 0.3 is 6.09 Å². The van der Waals surface area contributed by atoms with E-state index in [2.05, 4.69) is 13.2 Å². The molecule has 0 spiro atoms. The molecule has 8 nitrogen and oxygen atoms in total. The molecule has 0 aliphatic carbocycles. The van der Waals surface area contributed by atoms with Crippen LogP contribution in [0.1, 0.15) is 22.3 Å². The first kappa shape index (κ1) is 22.4. The molecule has 2 unspecified atom stereocenters. The Morgan fingerprint density at radius 3 is 2.70 bits per heavy atom. The molecule has 172 valence electrons. The van der Waals surface area contributed by atoms with Crippen LogP contribution in [0.3, 0.4) is 0 Å². The summed E-state index contributed by atoms with van der Waals surface area (Å²) in [6, 6.07) is 12.0. The molecular formula is C25H26N2O6. The third-order valence-corrected chi connectivity index (χ3v) is 5.69. The summed E-state index contributed by atoms with van der Waals surface area (Å²) in [5.74, 6) is 0.330. The Bertz CT molecular complexity index is 1080. The van der Waals surface area contributed by atoms with E-state index >= 15 is 0 Å². The standard InChI is InChI=1S/C25H26N2O6/c1-4-10-32-25(30)27-19-13-22(33-15-17-8-6-5-7-9-17)21(31-3)12-18(19)23(28)26-14-16(2)11-20(26)24(27)29/h4-9,12-13,20,24,29H,1-2,10-11,14-15H2,3H3. The minimum atomic E-state index is -1.33. The molecule has 4 rings (SSSR count). The van der Waals surface area contributed by atoms with E-state index in [1.165, 1.54) is 30.2 Å². The number of hydrogen-bond acceptors (Lipinski definition) is 6. The van der Waals surface area contributed by atoms with Crippen LogP contribution in [-0.2, 0) is 11.3 Å². The normalized spacial score (nSPS) is 19.5. The summed E-state index contributed by atoms with van der Waals surface area (Å²) in [7, 11) is 1.48. The number of anilines is 1. The zero-order valence-corrected chi connectivity index (χ0v) is 18.4. The fourth-order valence-corrected chi connectivity index (χ4v) is 4.12. The summed E-state index contributed by atoms with van der Waals surface area (Å²) in [5, 5.41) is 11.2. The number of fused-ring (bicyclic) bond motifs is 2. The van der Waals surface area contributed by atoms with Gasteiger partial charge in [0.2, 0.25) is 0 Å². The molecule has 2 aliphatic heterocycles. The monoisotopic (exact) mass is 450 g/mol. The van der Waals surface area contributed by atoms with Gasteiger partial charge in [0.25, 0.3) is 5.91 Å². The van der Waals surface area contributed by atoms with E-state index in [4.69, 9.17) is 14.2 Å². The van der Waals surface area contributed by atoms with Gasteiger partial charge in [-0.3, -0.25) is 4.79 Å². The minimum Gasteiger partial charge on any atom is -0.493 e. The highest BCUT2D eigenvalue weighted by Gasteiger charge is 2.46. The topological polar surface area (TPSA) is 88.5 Å². The van der Waals surface area contributed by atoms with Crippen molar-refractivity contribution in [1.82, 2.24) is 4.90 Å². The van der Waals surface area contributed by atoms with Crippen molar-refractivity contribution in [3.05, 3.63) is 78.4 Å². The molecule has 0 saturated carbocycles. The number of ether oxygens (including phenoxy) is 3. The van der Waals surface area contributed by atoms with Crippen molar-refractivity contribution in [2.24, 2.45) is 0 Å². The van der Waals surface area contributed by atoms with Crippen LogP contribution in [0.4, 0.5) is 10.5 Å². The third-order valence-electron chi connectivity index (χ3n) is 5.69. The predicted molar refractivity (Wildman–Crippen MR) is 122 cm³/mol. The van der Waals surface area contributed by atoms with Crippen LogP contribution in [0.15, 0.2) is 67.3 Å². The van der Waals surface area contributed by atoms with Crippen molar-refractivity contribution in [3.63, 3.8) is 0 Å². The average molecular weight is 450 g/mol. The summed E-state index contributed by atoms with van der Waals surface area (Å²) in [4.78, 5) is 29.0. The van der Waals surface area contributed by atoms with E-state index in [0.29, 0.717) is 24.5 Å². The lowest BCUT2D eigenvalue weighted by Gasteiger charge is -2.31. The van der Waals surface area contributed by atoms with Gasteiger partial charge in [-0.25, -0.2) is 9.69 Å². The van der Waals surface area contributed by atoms with Gasteiger partial charge in [0.1, 0.15) is 13.2 Å². The van der Waals surface area contributed by atoms with Gasteiger partial charge in [0, 0.05) is 12.6 Å². The molecule has 1 saturated heterocycles. The molecule has 8 heteroatoms. The lowest BCUT2D eigenvalue weighted by molar-refractivity contribution is 0.0496. The second-order valence-electron chi connectivity index (χ2n) is 7.90. The largest absolute Gasteiger partial charge is 0.493 e. The zero-order chi connectivity index (χ0) is 23.5. The molecule has 2 amide bonds. The smallest absolute Gasteiger partial charge is 0.416 e. The summed E-state index contributed by atoms with van der Waals surface area (Å²) >= 11 is 0. The fourth-order valence-electron chi connectivity index (χ4n) is 4.12. The summed E-state index contributed by atoms with van der Waals surface area (Å²) in [6.07, 6.45) is -0.321. The molecule has 2 aromatic rings. The quantitative estimate of drug-likeness (QED) is 0.678. The summed E-state index contributed by atoms with van der Waals surface area (Å²) < 4.78 is 16.7. The lowest BCUT2D eigenvalue weighted by Crippen LogP contribution is -2.50. The van der Waals surface area contributed by atoms with Gasteiger partial charge < -0.3 is 24.2 Å². The Hall–Kier alpha value is -3.78. The number of amides is 2. The second-order valence-corrected chi connectivity index (χ2v) is 7.90. The Morgan fingerprint density at radius 2 is 2.00 bits per heavy atom. The van der Waals surface area contributed by atoms with Crippen LogP contribution in [0.5, 0.6) is 11.5 Å². The van der Waals surface area contributed by atoms with E-state index in [1.54, 1.807) is 0 Å². The van der Waals surface area contributed by atoms with Crippen molar-refractivity contribution >= 4 is 17.7 Å². The molecule has 1 N–H and O–H groups in total. The van der Waals surface area contributed by atoms with Crippen LogP contribution in [0.2, 0.25) is 0 Å². The number of carbonyl (C=O) groups is 2. The summed E-state index contributed by atoms with van der Waals surface area (Å²) in [6.45, 7) is 8.02. The Kier molecular flexibility index (Phi) is 6.37. The predicted octanol–water partition coefficient (Wildman–Crippen LogP) is 3.51. The van der Waals surface area contributed by atoms with Crippen LogP contribution < -0.4 is 14.4 Å². The van der Waals surface area contributed by atoms with Crippen molar-refractivity contribution in [1.29, 1.82) is 0 Å². The SMILES string of the molecule is C=CCOC(=O)N1c2cc(OCc3ccccc3)c(OC)cc2C(=O)N2CC(=C)CC2C1O. The van der Waals surface area contributed by atoms with E-state index in [-0.39, 0.29) is 30.4 Å². The van der Waals surface area contributed by atoms with E-state index in [9.17, 15) is 14.7 Å². The van der Waals surface area contributed by atoms with Gasteiger partial charge in [-0.05, 0) is 18.1 Å². The average Bonchev–Trinajstić information content (AvgIpc) is 3.20. The first-order chi connectivity index (χ1) is 15.9. The summed E-state index contributed by atoms with van der Waals surface area (Å²) in [5.41, 5.74) is 2.12. The number of aliphatic hydroxyl groups excluding tert-OH is 1. The minimum absolute atomic E-state index is 0.0417. The Balaban J connectivity index is 1.79. The molecule has 2 heterocycles. The number of carbonyl (C=O) groups excluding carboxylic acids is 2. The fraction of sp³-hybridized carbons (Fsp3) is 0.280. The van der Waals surface area contributed by atoms with Gasteiger partial charge in [0.15, 0.2) is 17.7 Å². The van der Waals surface area contributed by atoms with Crippen LogP contribution in [-0.4, -0.2) is 54.5 Å². The Morgan fingerprint density at radius 1 is 1.24 bits per heavy atom. The highest BCUT2D eigenvalue weighted by molar-refractivity contribution is 6.06. The number of hydrogen-bond donors (Lipinski definition) is 1. The number of rotatable bonds is 6. The lowest BCUT2D eigenvalue weighted by atomic mass is 10.1. The van der Waals surface area contributed by atoms with Crippen molar-refractivity contribution in [2.75, 3.05) is 25.2 Å². The first-order valence-electron chi connectivity index (χ1n) is 10.6.